The Kier molecular flexibility index (Phi) is 6.61. The van der Waals surface area contributed by atoms with Gasteiger partial charge in [-0.25, -0.2) is 9.59 Å². The van der Waals surface area contributed by atoms with Crippen molar-refractivity contribution in [2.75, 3.05) is 6.54 Å². The fourth-order valence-corrected chi connectivity index (χ4v) is 1.26. The first-order chi connectivity index (χ1) is 7.75. The van der Waals surface area contributed by atoms with Crippen LogP contribution in [0.2, 0.25) is 0 Å². The number of nitrogens with one attached hydrogen (secondary N) is 2. The molecule has 0 unspecified atom stereocenters. The SMILES string of the molecule is CC(C)CCCCNC(=O)NC(C)(C)C(=O)O. The van der Waals surface area contributed by atoms with Crippen LogP contribution < -0.4 is 10.6 Å². The summed E-state index contributed by atoms with van der Waals surface area (Å²) in [4.78, 5) is 22.1. The molecule has 2 amide bonds. The number of rotatable bonds is 7. The third-order valence-electron chi connectivity index (χ3n) is 2.45. The maximum absolute atomic E-state index is 11.4. The van der Waals surface area contributed by atoms with E-state index in [0.29, 0.717) is 12.5 Å². The highest BCUT2D eigenvalue weighted by atomic mass is 16.4. The third-order valence-corrected chi connectivity index (χ3v) is 2.45. The summed E-state index contributed by atoms with van der Waals surface area (Å²) in [6, 6.07) is -0.429. The lowest BCUT2D eigenvalue weighted by Crippen LogP contribution is -2.53. The minimum atomic E-state index is -1.23. The van der Waals surface area contributed by atoms with Gasteiger partial charge in [0.1, 0.15) is 5.54 Å². The van der Waals surface area contributed by atoms with Gasteiger partial charge in [0.2, 0.25) is 0 Å². The van der Waals surface area contributed by atoms with Crippen molar-refractivity contribution in [3.63, 3.8) is 0 Å². The van der Waals surface area contributed by atoms with Crippen LogP contribution in [0.15, 0.2) is 0 Å². The van der Waals surface area contributed by atoms with Crippen LogP contribution >= 0.6 is 0 Å². The number of aliphatic carboxylic acids is 1. The van der Waals surface area contributed by atoms with Crippen molar-refractivity contribution in [2.24, 2.45) is 5.92 Å². The lowest BCUT2D eigenvalue weighted by molar-refractivity contribution is -0.142. The zero-order valence-corrected chi connectivity index (χ0v) is 11.2. The lowest BCUT2D eigenvalue weighted by atomic mass is 10.1. The Labute approximate surface area is 103 Å². The number of urea groups is 1. The first-order valence-corrected chi connectivity index (χ1v) is 6.05. The van der Waals surface area contributed by atoms with Gasteiger partial charge in [-0.05, 0) is 26.2 Å². The van der Waals surface area contributed by atoms with Gasteiger partial charge in [0, 0.05) is 6.54 Å². The van der Waals surface area contributed by atoms with Crippen LogP contribution in [0, 0.1) is 5.92 Å². The van der Waals surface area contributed by atoms with Gasteiger partial charge in [-0.2, -0.15) is 0 Å². The Bertz CT molecular complexity index is 262. The molecule has 0 aromatic rings. The van der Waals surface area contributed by atoms with Crippen LogP contribution in [0.3, 0.4) is 0 Å². The molecule has 100 valence electrons. The van der Waals surface area contributed by atoms with Gasteiger partial charge in [0.25, 0.3) is 0 Å². The zero-order valence-electron chi connectivity index (χ0n) is 11.2. The summed E-state index contributed by atoms with van der Waals surface area (Å²) in [6.45, 7) is 7.81. The highest BCUT2D eigenvalue weighted by Gasteiger charge is 2.28. The molecule has 0 radical (unpaired) electrons. The number of hydrogen-bond acceptors (Lipinski definition) is 2. The minimum absolute atomic E-state index is 0.429. The molecule has 0 aliphatic carbocycles. The van der Waals surface area contributed by atoms with E-state index < -0.39 is 17.5 Å². The predicted octanol–water partition coefficient (Wildman–Crippen LogP) is 1.98. The molecule has 17 heavy (non-hydrogen) atoms. The molecule has 0 spiro atoms. The van der Waals surface area contributed by atoms with Crippen LogP contribution in [0.4, 0.5) is 4.79 Å². The van der Waals surface area contributed by atoms with Crippen LogP contribution in [0.5, 0.6) is 0 Å². The second kappa shape index (κ2) is 7.14. The number of carbonyl (C=O) groups excluding carboxylic acids is 1. The van der Waals surface area contributed by atoms with Gasteiger partial charge in [-0.3, -0.25) is 0 Å². The summed E-state index contributed by atoms with van der Waals surface area (Å²) in [5, 5.41) is 13.9. The molecule has 5 nitrogen and oxygen atoms in total. The van der Waals surface area contributed by atoms with Crippen LogP contribution in [0.25, 0.3) is 0 Å². The van der Waals surface area contributed by atoms with E-state index in [0.717, 1.165) is 19.3 Å². The van der Waals surface area contributed by atoms with Gasteiger partial charge < -0.3 is 15.7 Å². The molecule has 0 aliphatic heterocycles. The zero-order chi connectivity index (χ0) is 13.5. The fourth-order valence-electron chi connectivity index (χ4n) is 1.26. The highest BCUT2D eigenvalue weighted by molar-refractivity contribution is 5.85. The molecule has 0 heterocycles. The average molecular weight is 244 g/mol. The number of amides is 2. The highest BCUT2D eigenvalue weighted by Crippen LogP contribution is 2.05. The predicted molar refractivity (Wildman–Crippen MR) is 66.9 cm³/mol. The molecule has 0 bridgehead atoms. The molecule has 0 rings (SSSR count). The average Bonchev–Trinajstić information content (AvgIpc) is 2.15. The Morgan fingerprint density at radius 3 is 2.29 bits per heavy atom. The number of hydrogen-bond donors (Lipinski definition) is 3. The normalized spacial score (nSPS) is 11.4. The van der Waals surface area contributed by atoms with Crippen molar-refractivity contribution in [1.29, 1.82) is 0 Å². The Morgan fingerprint density at radius 2 is 1.82 bits per heavy atom. The molecular weight excluding hydrogens is 220 g/mol. The number of unbranched alkanes of at least 4 members (excludes halogenated alkanes) is 1. The second-order valence-electron chi connectivity index (χ2n) is 5.20. The fraction of sp³-hybridized carbons (Fsp3) is 0.833. The molecule has 0 fully saturated rings. The molecule has 0 aliphatic rings. The van der Waals surface area contributed by atoms with Crippen molar-refractivity contribution < 1.29 is 14.7 Å². The van der Waals surface area contributed by atoms with Crippen molar-refractivity contribution in [3.05, 3.63) is 0 Å². The Balaban J connectivity index is 3.70. The van der Waals surface area contributed by atoms with Gasteiger partial charge in [0.15, 0.2) is 0 Å². The largest absolute Gasteiger partial charge is 0.480 e. The lowest BCUT2D eigenvalue weighted by Gasteiger charge is -2.21. The third kappa shape index (κ3) is 7.60. The number of carboxylic acid groups (broad SMARTS) is 1. The summed E-state index contributed by atoms with van der Waals surface area (Å²) in [6.07, 6.45) is 3.13. The monoisotopic (exact) mass is 244 g/mol. The standard InChI is InChI=1S/C12H24N2O3/c1-9(2)7-5-6-8-13-11(17)14-12(3,4)10(15)16/h9H,5-8H2,1-4H3,(H,15,16)(H2,13,14,17). The molecule has 0 atom stereocenters. The molecule has 5 heteroatoms. The van der Waals surface area contributed by atoms with E-state index in [1.807, 2.05) is 0 Å². The molecular formula is C12H24N2O3. The first-order valence-electron chi connectivity index (χ1n) is 6.05. The van der Waals surface area contributed by atoms with E-state index >= 15 is 0 Å². The van der Waals surface area contributed by atoms with E-state index in [2.05, 4.69) is 24.5 Å². The van der Waals surface area contributed by atoms with E-state index in [4.69, 9.17) is 5.11 Å². The topological polar surface area (TPSA) is 78.4 Å². The van der Waals surface area contributed by atoms with E-state index in [-0.39, 0.29) is 0 Å². The second-order valence-corrected chi connectivity index (χ2v) is 5.20. The molecule has 0 aromatic carbocycles. The van der Waals surface area contributed by atoms with Gasteiger partial charge in [-0.1, -0.05) is 26.7 Å². The van der Waals surface area contributed by atoms with E-state index in [1.165, 1.54) is 13.8 Å². The molecule has 3 N–H and O–H groups in total. The van der Waals surface area contributed by atoms with E-state index in [9.17, 15) is 9.59 Å². The van der Waals surface area contributed by atoms with Crippen molar-refractivity contribution >= 4 is 12.0 Å². The Hall–Kier alpha value is -1.26. The number of carbonyl (C=O) groups is 2. The smallest absolute Gasteiger partial charge is 0.328 e. The summed E-state index contributed by atoms with van der Waals surface area (Å²) in [5.74, 6) is -0.373. The molecule has 0 saturated carbocycles. The summed E-state index contributed by atoms with van der Waals surface area (Å²) in [7, 11) is 0. The maximum atomic E-state index is 11.4. The maximum Gasteiger partial charge on any atom is 0.328 e. The Morgan fingerprint density at radius 1 is 1.24 bits per heavy atom. The first kappa shape index (κ1) is 15.7. The van der Waals surface area contributed by atoms with Crippen molar-refractivity contribution in [2.45, 2.75) is 52.5 Å². The van der Waals surface area contributed by atoms with Crippen molar-refractivity contribution in [1.82, 2.24) is 10.6 Å². The molecule has 0 saturated heterocycles. The van der Waals surface area contributed by atoms with Crippen LogP contribution in [-0.2, 0) is 4.79 Å². The quantitative estimate of drug-likeness (QED) is 0.599. The van der Waals surface area contributed by atoms with Gasteiger partial charge in [-0.15, -0.1) is 0 Å². The van der Waals surface area contributed by atoms with Crippen molar-refractivity contribution in [3.8, 4) is 0 Å². The minimum Gasteiger partial charge on any atom is -0.480 e. The summed E-state index contributed by atoms with van der Waals surface area (Å²) < 4.78 is 0. The van der Waals surface area contributed by atoms with Crippen LogP contribution in [0.1, 0.15) is 47.0 Å². The summed E-state index contributed by atoms with van der Waals surface area (Å²) in [5.41, 5.74) is -1.23. The van der Waals surface area contributed by atoms with Crippen LogP contribution in [-0.4, -0.2) is 29.2 Å². The molecule has 0 aromatic heterocycles. The van der Waals surface area contributed by atoms with Gasteiger partial charge in [0.05, 0.1) is 0 Å². The summed E-state index contributed by atoms with van der Waals surface area (Å²) >= 11 is 0. The van der Waals surface area contributed by atoms with E-state index in [1.54, 1.807) is 0 Å². The number of carboxylic acids is 1. The van der Waals surface area contributed by atoms with Gasteiger partial charge >= 0.3 is 12.0 Å².